The van der Waals surface area contributed by atoms with E-state index in [2.05, 4.69) is 10.1 Å². The molecule has 1 heterocycles. The first-order chi connectivity index (χ1) is 10.2. The summed E-state index contributed by atoms with van der Waals surface area (Å²) >= 11 is 1.65. The maximum absolute atomic E-state index is 9.79. The normalized spacial score (nSPS) is 10.7. The van der Waals surface area contributed by atoms with Crippen molar-refractivity contribution in [2.75, 3.05) is 6.26 Å². The molecule has 2 N–H and O–H groups in total. The zero-order chi connectivity index (χ0) is 14.8. The minimum absolute atomic E-state index is 0.0203. The maximum Gasteiger partial charge on any atom is 0.262 e. The summed E-state index contributed by atoms with van der Waals surface area (Å²) in [6.07, 6.45) is 2.01. The van der Waals surface area contributed by atoms with Crippen molar-refractivity contribution in [1.29, 1.82) is 0 Å². The van der Waals surface area contributed by atoms with E-state index >= 15 is 0 Å². The smallest absolute Gasteiger partial charge is 0.262 e. The molecule has 5 nitrogen and oxygen atoms in total. The Morgan fingerprint density at radius 1 is 1.05 bits per heavy atom. The van der Waals surface area contributed by atoms with Crippen LogP contribution in [0.5, 0.6) is 11.5 Å². The minimum atomic E-state index is -0.0271. The van der Waals surface area contributed by atoms with Crippen molar-refractivity contribution in [3.05, 3.63) is 42.5 Å². The van der Waals surface area contributed by atoms with Crippen molar-refractivity contribution in [3.8, 4) is 34.3 Å². The van der Waals surface area contributed by atoms with E-state index in [1.165, 1.54) is 18.2 Å². The zero-order valence-corrected chi connectivity index (χ0v) is 12.0. The average molecular weight is 300 g/mol. The fourth-order valence-corrected chi connectivity index (χ4v) is 2.29. The second kappa shape index (κ2) is 5.49. The summed E-state index contributed by atoms with van der Waals surface area (Å²) in [5.74, 6) is 0.584. The van der Waals surface area contributed by atoms with Crippen LogP contribution in [0.25, 0.3) is 22.8 Å². The molecule has 0 aliphatic rings. The standard InChI is InChI=1S/C15H12N2O3S/c1-21-11-5-2-9(3-6-11)14-16-15(20-17-14)12-8-10(18)4-7-13(12)19/h2-8,18-19H,1H3. The highest BCUT2D eigenvalue weighted by molar-refractivity contribution is 7.98. The number of rotatable bonds is 3. The number of hydrogen-bond acceptors (Lipinski definition) is 6. The third-order valence-corrected chi connectivity index (χ3v) is 3.73. The Hall–Kier alpha value is -2.47. The number of aromatic hydroxyl groups is 2. The molecular formula is C15H12N2O3S. The molecule has 2 aromatic carbocycles. The van der Waals surface area contributed by atoms with Gasteiger partial charge in [0.25, 0.3) is 5.89 Å². The van der Waals surface area contributed by atoms with Crippen LogP contribution in [0.1, 0.15) is 0 Å². The Morgan fingerprint density at radius 3 is 2.52 bits per heavy atom. The van der Waals surface area contributed by atoms with E-state index in [4.69, 9.17) is 4.52 Å². The van der Waals surface area contributed by atoms with Crippen LogP contribution in [0.4, 0.5) is 0 Å². The van der Waals surface area contributed by atoms with Crippen LogP contribution in [0.2, 0.25) is 0 Å². The molecule has 0 aliphatic heterocycles. The van der Waals surface area contributed by atoms with E-state index in [0.717, 1.165) is 10.5 Å². The van der Waals surface area contributed by atoms with Gasteiger partial charge in [0, 0.05) is 10.5 Å². The third-order valence-electron chi connectivity index (χ3n) is 2.98. The fourth-order valence-electron chi connectivity index (χ4n) is 1.89. The van der Waals surface area contributed by atoms with E-state index in [0.29, 0.717) is 11.4 Å². The number of hydrogen-bond donors (Lipinski definition) is 2. The lowest BCUT2D eigenvalue weighted by Crippen LogP contribution is -1.82. The molecule has 0 fully saturated rings. The Kier molecular flexibility index (Phi) is 3.53. The van der Waals surface area contributed by atoms with Crippen molar-refractivity contribution in [2.45, 2.75) is 4.90 Å². The van der Waals surface area contributed by atoms with Gasteiger partial charge in [-0.05, 0) is 48.7 Å². The molecule has 0 radical (unpaired) electrons. The molecular weight excluding hydrogens is 288 g/mol. The maximum atomic E-state index is 9.79. The number of nitrogens with zero attached hydrogens (tertiary/aromatic N) is 2. The van der Waals surface area contributed by atoms with E-state index in [1.807, 2.05) is 30.5 Å². The van der Waals surface area contributed by atoms with Crippen molar-refractivity contribution in [3.63, 3.8) is 0 Å². The van der Waals surface area contributed by atoms with Gasteiger partial charge >= 0.3 is 0 Å². The molecule has 0 unspecified atom stereocenters. The third kappa shape index (κ3) is 2.71. The van der Waals surface area contributed by atoms with Gasteiger partial charge < -0.3 is 14.7 Å². The largest absolute Gasteiger partial charge is 0.508 e. The molecule has 3 aromatic rings. The molecule has 0 spiro atoms. The highest BCUT2D eigenvalue weighted by Crippen LogP contribution is 2.32. The number of phenolic OH excluding ortho intramolecular Hbond substituents is 2. The van der Waals surface area contributed by atoms with Gasteiger partial charge in [-0.3, -0.25) is 0 Å². The molecule has 3 rings (SSSR count). The first-order valence-corrected chi connectivity index (χ1v) is 7.40. The van der Waals surface area contributed by atoms with E-state index in [1.54, 1.807) is 11.8 Å². The number of phenols is 2. The second-order valence-electron chi connectivity index (χ2n) is 4.35. The summed E-state index contributed by atoms with van der Waals surface area (Å²) in [5, 5.41) is 23.2. The van der Waals surface area contributed by atoms with Crippen molar-refractivity contribution >= 4 is 11.8 Å². The summed E-state index contributed by atoms with van der Waals surface area (Å²) in [4.78, 5) is 5.40. The van der Waals surface area contributed by atoms with Crippen molar-refractivity contribution < 1.29 is 14.7 Å². The van der Waals surface area contributed by atoms with E-state index in [9.17, 15) is 10.2 Å². The van der Waals surface area contributed by atoms with Crippen LogP contribution in [0.3, 0.4) is 0 Å². The highest BCUT2D eigenvalue weighted by Gasteiger charge is 2.14. The van der Waals surface area contributed by atoms with Gasteiger partial charge in [-0.25, -0.2) is 0 Å². The first-order valence-electron chi connectivity index (χ1n) is 6.18. The lowest BCUT2D eigenvalue weighted by atomic mass is 10.2. The summed E-state index contributed by atoms with van der Waals surface area (Å²) in [6.45, 7) is 0. The molecule has 0 atom stereocenters. The lowest BCUT2D eigenvalue weighted by Gasteiger charge is -1.99. The van der Waals surface area contributed by atoms with Gasteiger partial charge in [0.2, 0.25) is 5.82 Å². The summed E-state index contributed by atoms with van der Waals surface area (Å²) in [6, 6.07) is 11.9. The predicted octanol–water partition coefficient (Wildman–Crippen LogP) is 3.54. The minimum Gasteiger partial charge on any atom is -0.508 e. The SMILES string of the molecule is CSc1ccc(-c2noc(-c3cc(O)ccc3O)n2)cc1. The topological polar surface area (TPSA) is 79.4 Å². The van der Waals surface area contributed by atoms with Crippen LogP contribution >= 0.6 is 11.8 Å². The quantitative estimate of drug-likeness (QED) is 0.569. The Labute approximate surface area is 125 Å². The van der Waals surface area contributed by atoms with Gasteiger partial charge in [-0.2, -0.15) is 4.98 Å². The van der Waals surface area contributed by atoms with Gasteiger partial charge in [-0.1, -0.05) is 5.16 Å². The van der Waals surface area contributed by atoms with Crippen LogP contribution in [0.15, 0.2) is 51.9 Å². The zero-order valence-electron chi connectivity index (χ0n) is 11.1. The summed E-state index contributed by atoms with van der Waals surface area (Å²) < 4.78 is 5.16. The van der Waals surface area contributed by atoms with Gasteiger partial charge in [-0.15, -0.1) is 11.8 Å². The Balaban J connectivity index is 1.97. The second-order valence-corrected chi connectivity index (χ2v) is 5.23. The molecule has 0 saturated heterocycles. The van der Waals surface area contributed by atoms with Crippen LogP contribution < -0.4 is 0 Å². The van der Waals surface area contributed by atoms with E-state index in [-0.39, 0.29) is 17.4 Å². The molecule has 6 heteroatoms. The molecule has 0 aliphatic carbocycles. The highest BCUT2D eigenvalue weighted by atomic mass is 32.2. The van der Waals surface area contributed by atoms with Crippen LogP contribution in [-0.4, -0.2) is 26.6 Å². The molecule has 0 saturated carbocycles. The molecule has 0 amide bonds. The number of benzene rings is 2. The summed E-state index contributed by atoms with van der Waals surface area (Å²) in [5.41, 5.74) is 1.12. The molecule has 0 bridgehead atoms. The average Bonchev–Trinajstić information content (AvgIpc) is 2.99. The van der Waals surface area contributed by atoms with E-state index < -0.39 is 0 Å². The molecule has 106 valence electrons. The van der Waals surface area contributed by atoms with Crippen molar-refractivity contribution in [1.82, 2.24) is 10.1 Å². The number of thioether (sulfide) groups is 1. The fraction of sp³-hybridized carbons (Fsp3) is 0.0667. The van der Waals surface area contributed by atoms with Gasteiger partial charge in [0.1, 0.15) is 11.5 Å². The van der Waals surface area contributed by atoms with Crippen molar-refractivity contribution in [2.24, 2.45) is 0 Å². The predicted molar refractivity (Wildman–Crippen MR) is 80.3 cm³/mol. The van der Waals surface area contributed by atoms with Crippen LogP contribution in [0, 0.1) is 0 Å². The number of aromatic nitrogens is 2. The van der Waals surface area contributed by atoms with Crippen LogP contribution in [-0.2, 0) is 0 Å². The lowest BCUT2D eigenvalue weighted by molar-refractivity contribution is 0.423. The summed E-state index contributed by atoms with van der Waals surface area (Å²) in [7, 11) is 0. The molecule has 1 aromatic heterocycles. The Bertz CT molecular complexity index is 769. The molecule has 21 heavy (non-hydrogen) atoms. The monoisotopic (exact) mass is 300 g/mol. The Morgan fingerprint density at radius 2 is 1.81 bits per heavy atom. The van der Waals surface area contributed by atoms with Gasteiger partial charge in [0.15, 0.2) is 0 Å². The first kappa shape index (κ1) is 13.5. The van der Waals surface area contributed by atoms with Gasteiger partial charge in [0.05, 0.1) is 5.56 Å².